The largest absolute Gasteiger partial charge is 0.503 e. The second-order valence-corrected chi connectivity index (χ2v) is 5.22. The van der Waals surface area contributed by atoms with Gasteiger partial charge in [0.15, 0.2) is 17.3 Å². The minimum absolute atomic E-state index is 0.0492. The maximum atomic E-state index is 11.5. The first-order valence-electron chi connectivity index (χ1n) is 5.65. The van der Waals surface area contributed by atoms with Crippen molar-refractivity contribution in [1.29, 1.82) is 0 Å². The van der Waals surface area contributed by atoms with Gasteiger partial charge in [0, 0.05) is 0 Å². The number of aromatic hydroxyl groups is 1. The van der Waals surface area contributed by atoms with Gasteiger partial charge in [-0.1, -0.05) is 13.8 Å². The highest BCUT2D eigenvalue weighted by Crippen LogP contribution is 2.36. The van der Waals surface area contributed by atoms with Crippen molar-refractivity contribution in [3.63, 3.8) is 0 Å². The Morgan fingerprint density at radius 2 is 2.06 bits per heavy atom. The van der Waals surface area contributed by atoms with Crippen molar-refractivity contribution in [1.82, 2.24) is 0 Å². The van der Waals surface area contributed by atoms with Crippen molar-refractivity contribution in [3.05, 3.63) is 27.7 Å². The summed E-state index contributed by atoms with van der Waals surface area (Å²) in [6, 6.07) is 3.45. The van der Waals surface area contributed by atoms with Gasteiger partial charge in [-0.3, -0.25) is 4.79 Å². The number of phenols is 1. The van der Waals surface area contributed by atoms with E-state index in [0.29, 0.717) is 10.2 Å². The third-order valence-electron chi connectivity index (χ3n) is 2.62. The standard InChI is InChI=1S/C14H17BrO3/c1-8(2)11(9(3)16)5-10-6-12(15)14(17)13(7-10)18-4/h5-8,17H,1-4H3/b11-5+. The van der Waals surface area contributed by atoms with Gasteiger partial charge in [-0.05, 0) is 58.1 Å². The number of hydrogen-bond donors (Lipinski definition) is 1. The fraction of sp³-hybridized carbons (Fsp3) is 0.357. The van der Waals surface area contributed by atoms with Gasteiger partial charge in [0.05, 0.1) is 11.6 Å². The second-order valence-electron chi connectivity index (χ2n) is 4.36. The van der Waals surface area contributed by atoms with Crippen LogP contribution in [0.15, 0.2) is 22.2 Å². The maximum Gasteiger partial charge on any atom is 0.172 e. The number of ether oxygens (including phenoxy) is 1. The van der Waals surface area contributed by atoms with Gasteiger partial charge in [-0.2, -0.15) is 0 Å². The topological polar surface area (TPSA) is 46.5 Å². The summed E-state index contributed by atoms with van der Waals surface area (Å²) in [5, 5.41) is 9.71. The maximum absolute atomic E-state index is 11.5. The van der Waals surface area contributed by atoms with Crippen LogP contribution in [0.25, 0.3) is 6.08 Å². The third-order valence-corrected chi connectivity index (χ3v) is 3.23. The number of rotatable bonds is 4. The average Bonchev–Trinajstić information content (AvgIpc) is 2.29. The van der Waals surface area contributed by atoms with Crippen LogP contribution in [0.5, 0.6) is 11.5 Å². The minimum Gasteiger partial charge on any atom is -0.503 e. The SMILES string of the molecule is COc1cc(/C=C(/C(C)=O)C(C)C)cc(Br)c1O. The first-order valence-corrected chi connectivity index (χ1v) is 6.45. The van der Waals surface area contributed by atoms with E-state index in [1.165, 1.54) is 7.11 Å². The predicted octanol–water partition coefficient (Wildman–Crippen LogP) is 3.79. The summed E-state index contributed by atoms with van der Waals surface area (Å²) in [4.78, 5) is 11.5. The fourth-order valence-corrected chi connectivity index (χ4v) is 2.15. The Labute approximate surface area is 116 Å². The summed E-state index contributed by atoms with van der Waals surface area (Å²) in [6.07, 6.45) is 1.82. The lowest BCUT2D eigenvalue weighted by Crippen LogP contribution is -2.03. The van der Waals surface area contributed by atoms with Crippen LogP contribution in [0.2, 0.25) is 0 Å². The Balaban J connectivity index is 3.29. The van der Waals surface area contributed by atoms with Crippen molar-refractivity contribution in [2.45, 2.75) is 20.8 Å². The molecule has 0 aromatic heterocycles. The molecule has 18 heavy (non-hydrogen) atoms. The zero-order valence-corrected chi connectivity index (χ0v) is 12.5. The summed E-state index contributed by atoms with van der Waals surface area (Å²) < 4.78 is 5.62. The summed E-state index contributed by atoms with van der Waals surface area (Å²) in [6.45, 7) is 5.50. The van der Waals surface area contributed by atoms with Crippen LogP contribution in [-0.2, 0) is 4.79 Å². The van der Waals surface area contributed by atoms with Crippen molar-refractivity contribution in [2.24, 2.45) is 5.92 Å². The molecule has 1 rings (SSSR count). The molecule has 0 amide bonds. The number of ketones is 1. The molecule has 0 heterocycles. The van der Waals surface area contributed by atoms with Crippen LogP contribution in [0.4, 0.5) is 0 Å². The van der Waals surface area contributed by atoms with Crippen molar-refractivity contribution < 1.29 is 14.6 Å². The number of benzene rings is 1. The first kappa shape index (κ1) is 14.8. The highest BCUT2D eigenvalue weighted by molar-refractivity contribution is 9.10. The smallest absolute Gasteiger partial charge is 0.172 e. The van der Waals surface area contributed by atoms with Crippen LogP contribution in [0.1, 0.15) is 26.3 Å². The van der Waals surface area contributed by atoms with E-state index in [4.69, 9.17) is 4.74 Å². The van der Waals surface area contributed by atoms with E-state index in [9.17, 15) is 9.90 Å². The highest BCUT2D eigenvalue weighted by Gasteiger charge is 2.11. The van der Waals surface area contributed by atoms with Crippen LogP contribution in [-0.4, -0.2) is 18.0 Å². The molecule has 0 saturated carbocycles. The minimum atomic E-state index is 0.0492. The molecule has 0 unspecified atom stereocenters. The Bertz CT molecular complexity index is 490. The number of phenolic OH excluding ortho intramolecular Hbond substituents is 1. The van der Waals surface area contributed by atoms with E-state index in [-0.39, 0.29) is 17.5 Å². The first-order chi connectivity index (χ1) is 8.36. The Morgan fingerprint density at radius 3 is 2.50 bits per heavy atom. The van der Waals surface area contributed by atoms with Crippen molar-refractivity contribution in [2.75, 3.05) is 7.11 Å². The van der Waals surface area contributed by atoms with Gasteiger partial charge in [0.1, 0.15) is 0 Å². The molecule has 0 aliphatic carbocycles. The molecule has 0 radical (unpaired) electrons. The van der Waals surface area contributed by atoms with Crippen molar-refractivity contribution in [3.8, 4) is 11.5 Å². The van der Waals surface area contributed by atoms with Crippen molar-refractivity contribution >= 4 is 27.8 Å². The molecule has 4 heteroatoms. The van der Waals surface area contributed by atoms with Crippen LogP contribution in [0, 0.1) is 5.92 Å². The van der Waals surface area contributed by atoms with Crippen LogP contribution < -0.4 is 4.74 Å². The summed E-state index contributed by atoms with van der Waals surface area (Å²) >= 11 is 3.26. The normalized spacial score (nSPS) is 11.8. The molecule has 0 atom stereocenters. The van der Waals surface area contributed by atoms with Crippen LogP contribution >= 0.6 is 15.9 Å². The zero-order chi connectivity index (χ0) is 13.9. The molecule has 1 aromatic carbocycles. The fourth-order valence-electron chi connectivity index (χ4n) is 1.69. The lowest BCUT2D eigenvalue weighted by Gasteiger charge is -2.10. The molecule has 0 spiro atoms. The van der Waals surface area contributed by atoms with Gasteiger partial charge in [0.2, 0.25) is 0 Å². The number of hydrogen-bond acceptors (Lipinski definition) is 3. The van der Waals surface area contributed by atoms with E-state index in [2.05, 4.69) is 15.9 Å². The summed E-state index contributed by atoms with van der Waals surface area (Å²) in [7, 11) is 1.49. The molecule has 98 valence electrons. The number of allylic oxidation sites excluding steroid dienone is 1. The summed E-state index contributed by atoms with van der Waals surface area (Å²) in [5.41, 5.74) is 1.56. The molecular weight excluding hydrogens is 296 g/mol. The molecule has 1 aromatic rings. The highest BCUT2D eigenvalue weighted by atomic mass is 79.9. The number of Topliss-reactive ketones (excluding diaryl/α,β-unsaturated/α-hetero) is 1. The van der Waals surface area contributed by atoms with E-state index in [1.54, 1.807) is 19.1 Å². The van der Waals surface area contributed by atoms with Gasteiger partial charge in [-0.25, -0.2) is 0 Å². The van der Waals surface area contributed by atoms with Gasteiger partial charge in [0.25, 0.3) is 0 Å². The Hall–Kier alpha value is -1.29. The monoisotopic (exact) mass is 312 g/mol. The predicted molar refractivity (Wildman–Crippen MR) is 75.9 cm³/mol. The van der Waals surface area contributed by atoms with E-state index in [0.717, 1.165) is 11.1 Å². The molecular formula is C14H17BrO3. The Morgan fingerprint density at radius 1 is 1.44 bits per heavy atom. The average molecular weight is 313 g/mol. The molecule has 0 saturated heterocycles. The van der Waals surface area contributed by atoms with Gasteiger partial charge >= 0.3 is 0 Å². The molecule has 1 N–H and O–H groups in total. The van der Waals surface area contributed by atoms with E-state index >= 15 is 0 Å². The summed E-state index contributed by atoms with van der Waals surface area (Å²) in [5.74, 6) is 0.639. The van der Waals surface area contributed by atoms with Gasteiger partial charge in [-0.15, -0.1) is 0 Å². The number of halogens is 1. The molecule has 0 bridgehead atoms. The van der Waals surface area contributed by atoms with E-state index < -0.39 is 0 Å². The zero-order valence-electron chi connectivity index (χ0n) is 11.0. The van der Waals surface area contributed by atoms with E-state index in [1.807, 2.05) is 19.9 Å². The van der Waals surface area contributed by atoms with Gasteiger partial charge < -0.3 is 9.84 Å². The molecule has 3 nitrogen and oxygen atoms in total. The third kappa shape index (κ3) is 3.35. The molecule has 0 aliphatic rings. The van der Waals surface area contributed by atoms with Crippen LogP contribution in [0.3, 0.4) is 0 Å². The lowest BCUT2D eigenvalue weighted by molar-refractivity contribution is -0.113. The quantitative estimate of drug-likeness (QED) is 0.860. The molecule has 0 aliphatic heterocycles. The number of methoxy groups -OCH3 is 1. The lowest BCUT2D eigenvalue weighted by atomic mass is 9.97. The number of carbonyl (C=O) groups is 1. The second kappa shape index (κ2) is 6.05. The molecule has 0 fully saturated rings. The number of carbonyl (C=O) groups excluding carboxylic acids is 1. The Kier molecular flexibility index (Phi) is 4.96.